The normalized spacial score (nSPS) is 11.1. The molecule has 2 aromatic heterocycles. The Bertz CT molecular complexity index is 962. The monoisotopic (exact) mass is 466 g/mol. The number of fused-ring (bicyclic) bond motifs is 1. The second-order valence-electron chi connectivity index (χ2n) is 5.80. The SMILES string of the molecule is N#Cc1cnn2c(Nc3ccccc3Br)cc(CN(CCCl)CCCl)nc12. The maximum atomic E-state index is 9.37. The number of nitriles is 1. The van der Waals surface area contributed by atoms with Crippen molar-refractivity contribution in [1.82, 2.24) is 19.5 Å². The predicted octanol–water partition coefficient (Wildman–Crippen LogP) is 4.39. The smallest absolute Gasteiger partial charge is 0.175 e. The van der Waals surface area contributed by atoms with Crippen LogP contribution >= 0.6 is 39.1 Å². The van der Waals surface area contributed by atoms with Gasteiger partial charge in [-0.1, -0.05) is 12.1 Å². The largest absolute Gasteiger partial charge is 0.339 e. The van der Waals surface area contributed by atoms with Gasteiger partial charge < -0.3 is 5.32 Å². The van der Waals surface area contributed by atoms with Crippen LogP contribution in [0.15, 0.2) is 41.0 Å². The van der Waals surface area contributed by atoms with Gasteiger partial charge in [-0.05, 0) is 28.1 Å². The maximum Gasteiger partial charge on any atom is 0.175 e. The summed E-state index contributed by atoms with van der Waals surface area (Å²) < 4.78 is 2.56. The molecule has 0 atom stereocenters. The highest BCUT2D eigenvalue weighted by Crippen LogP contribution is 2.26. The lowest BCUT2D eigenvalue weighted by Crippen LogP contribution is -2.28. The van der Waals surface area contributed by atoms with Crippen molar-refractivity contribution in [2.24, 2.45) is 0 Å². The molecule has 3 aromatic rings. The molecule has 140 valence electrons. The highest BCUT2D eigenvalue weighted by Gasteiger charge is 2.14. The highest BCUT2D eigenvalue weighted by atomic mass is 79.9. The van der Waals surface area contributed by atoms with Gasteiger partial charge in [0.2, 0.25) is 0 Å². The van der Waals surface area contributed by atoms with Crippen LogP contribution in [0.4, 0.5) is 11.5 Å². The fourth-order valence-electron chi connectivity index (χ4n) is 2.70. The third-order valence-electron chi connectivity index (χ3n) is 3.97. The third-order valence-corrected chi connectivity index (χ3v) is 5.00. The molecule has 0 saturated heterocycles. The average molecular weight is 468 g/mol. The van der Waals surface area contributed by atoms with E-state index in [4.69, 9.17) is 23.2 Å². The zero-order valence-corrected chi connectivity index (χ0v) is 17.5. The molecule has 0 saturated carbocycles. The van der Waals surface area contributed by atoms with Crippen molar-refractivity contribution in [3.8, 4) is 6.07 Å². The number of nitrogens with zero attached hydrogens (tertiary/aromatic N) is 5. The number of anilines is 2. The minimum absolute atomic E-state index is 0.424. The number of halogens is 3. The number of benzene rings is 1. The van der Waals surface area contributed by atoms with Crippen molar-refractivity contribution < 1.29 is 0 Å². The molecule has 0 aliphatic heterocycles. The minimum Gasteiger partial charge on any atom is -0.339 e. The molecule has 1 aromatic carbocycles. The lowest BCUT2D eigenvalue weighted by Gasteiger charge is -2.20. The van der Waals surface area contributed by atoms with Crippen LogP contribution in [0, 0.1) is 11.3 Å². The molecule has 27 heavy (non-hydrogen) atoms. The van der Waals surface area contributed by atoms with Crippen LogP contribution in [-0.4, -0.2) is 44.3 Å². The van der Waals surface area contributed by atoms with Gasteiger partial charge in [-0.15, -0.1) is 23.2 Å². The van der Waals surface area contributed by atoms with E-state index >= 15 is 0 Å². The Morgan fingerprint density at radius 2 is 1.96 bits per heavy atom. The number of rotatable bonds is 8. The first-order chi connectivity index (χ1) is 13.2. The molecular weight excluding hydrogens is 451 g/mol. The minimum atomic E-state index is 0.424. The van der Waals surface area contributed by atoms with Crippen LogP contribution in [0.5, 0.6) is 0 Å². The maximum absolute atomic E-state index is 9.37. The molecular formula is C18H17BrCl2N6. The first-order valence-corrected chi connectivity index (χ1v) is 10.2. The second kappa shape index (κ2) is 9.38. The molecule has 0 radical (unpaired) electrons. The van der Waals surface area contributed by atoms with Crippen LogP contribution < -0.4 is 5.32 Å². The van der Waals surface area contributed by atoms with E-state index in [1.165, 1.54) is 6.20 Å². The first kappa shape index (κ1) is 19.9. The van der Waals surface area contributed by atoms with E-state index in [9.17, 15) is 5.26 Å². The predicted molar refractivity (Wildman–Crippen MR) is 112 cm³/mol. The standard InChI is InChI=1S/C18H17BrCl2N6/c19-15-3-1-2-4-16(15)25-17-9-14(12-26(7-5-20)8-6-21)24-18-13(10-22)11-23-27(17)18/h1-4,9,11,25H,5-8,12H2. The summed E-state index contributed by atoms with van der Waals surface area (Å²) in [6, 6.07) is 11.9. The average Bonchev–Trinajstić information content (AvgIpc) is 3.07. The van der Waals surface area contributed by atoms with Crippen molar-refractivity contribution in [2.45, 2.75) is 6.54 Å². The van der Waals surface area contributed by atoms with Crippen LogP contribution in [0.25, 0.3) is 5.65 Å². The molecule has 0 aliphatic rings. The van der Waals surface area contributed by atoms with E-state index in [2.05, 4.69) is 42.3 Å². The summed E-state index contributed by atoms with van der Waals surface area (Å²) in [5.41, 5.74) is 2.64. The molecule has 0 fully saturated rings. The Morgan fingerprint density at radius 3 is 2.63 bits per heavy atom. The second-order valence-corrected chi connectivity index (χ2v) is 7.41. The van der Waals surface area contributed by atoms with Crippen LogP contribution in [-0.2, 0) is 6.54 Å². The lowest BCUT2D eigenvalue weighted by atomic mass is 10.3. The van der Waals surface area contributed by atoms with Gasteiger partial charge >= 0.3 is 0 Å². The van der Waals surface area contributed by atoms with Crippen molar-refractivity contribution >= 4 is 56.3 Å². The number of alkyl halides is 2. The number of para-hydroxylation sites is 1. The zero-order chi connectivity index (χ0) is 19.2. The lowest BCUT2D eigenvalue weighted by molar-refractivity contribution is 0.296. The van der Waals surface area contributed by atoms with Crippen LogP contribution in [0.2, 0.25) is 0 Å². The number of hydrogen-bond donors (Lipinski definition) is 1. The number of aromatic nitrogens is 3. The summed E-state index contributed by atoms with van der Waals surface area (Å²) in [6.07, 6.45) is 1.52. The van der Waals surface area contributed by atoms with Gasteiger partial charge in [0.05, 0.1) is 17.6 Å². The first-order valence-electron chi connectivity index (χ1n) is 8.30. The van der Waals surface area contributed by atoms with Crippen molar-refractivity contribution in [3.05, 3.63) is 52.3 Å². The van der Waals surface area contributed by atoms with Crippen molar-refractivity contribution in [1.29, 1.82) is 5.26 Å². The molecule has 9 heteroatoms. The summed E-state index contributed by atoms with van der Waals surface area (Å²) in [6.45, 7) is 1.99. The fraction of sp³-hybridized carbons (Fsp3) is 0.278. The van der Waals surface area contributed by atoms with E-state index in [1.807, 2.05) is 30.3 Å². The van der Waals surface area contributed by atoms with Crippen molar-refractivity contribution in [3.63, 3.8) is 0 Å². The topological polar surface area (TPSA) is 69.2 Å². The summed E-state index contributed by atoms with van der Waals surface area (Å²) >= 11 is 15.3. The third kappa shape index (κ3) is 4.71. The van der Waals surface area contributed by atoms with E-state index in [-0.39, 0.29) is 0 Å². The van der Waals surface area contributed by atoms with Gasteiger partial charge in [0.15, 0.2) is 5.65 Å². The number of nitrogens with one attached hydrogen (secondary N) is 1. The van der Waals surface area contributed by atoms with Gasteiger partial charge in [-0.2, -0.15) is 14.9 Å². The molecule has 0 bridgehead atoms. The molecule has 3 rings (SSSR count). The molecule has 1 N–H and O–H groups in total. The molecule has 0 aliphatic carbocycles. The fourth-order valence-corrected chi connectivity index (χ4v) is 3.56. The Balaban J connectivity index is 2.02. The van der Waals surface area contributed by atoms with Gasteiger partial charge in [0, 0.05) is 41.9 Å². The van der Waals surface area contributed by atoms with Gasteiger partial charge in [-0.25, -0.2) is 4.98 Å². The summed E-state index contributed by atoms with van der Waals surface area (Å²) in [5.74, 6) is 1.74. The van der Waals surface area contributed by atoms with E-state index in [0.717, 1.165) is 21.7 Å². The summed E-state index contributed by atoms with van der Waals surface area (Å²) in [5, 5.41) is 17.0. The Kier molecular flexibility index (Phi) is 6.91. The van der Waals surface area contributed by atoms with Crippen molar-refractivity contribution in [2.75, 3.05) is 30.2 Å². The van der Waals surface area contributed by atoms with Crippen LogP contribution in [0.1, 0.15) is 11.3 Å². The summed E-state index contributed by atoms with van der Waals surface area (Å²) in [4.78, 5) is 6.76. The van der Waals surface area contributed by atoms with Gasteiger partial charge in [0.25, 0.3) is 0 Å². The van der Waals surface area contributed by atoms with E-state index in [0.29, 0.717) is 42.6 Å². The van der Waals surface area contributed by atoms with Crippen LogP contribution in [0.3, 0.4) is 0 Å². The van der Waals surface area contributed by atoms with E-state index < -0.39 is 0 Å². The molecule has 0 unspecified atom stereocenters. The van der Waals surface area contributed by atoms with Gasteiger partial charge in [-0.3, -0.25) is 4.90 Å². The van der Waals surface area contributed by atoms with E-state index in [1.54, 1.807) is 4.52 Å². The Morgan fingerprint density at radius 1 is 1.22 bits per heavy atom. The molecule has 0 spiro atoms. The van der Waals surface area contributed by atoms with Gasteiger partial charge in [0.1, 0.15) is 17.5 Å². The quantitative estimate of drug-likeness (QED) is 0.497. The Hall–Kier alpha value is -1.85. The highest BCUT2D eigenvalue weighted by molar-refractivity contribution is 9.10. The molecule has 2 heterocycles. The molecule has 6 nitrogen and oxygen atoms in total. The summed E-state index contributed by atoms with van der Waals surface area (Å²) in [7, 11) is 0. The zero-order valence-electron chi connectivity index (χ0n) is 14.4. The molecule has 0 amide bonds. The Labute approximate surface area is 175 Å². The number of hydrogen-bond acceptors (Lipinski definition) is 5.